The second-order valence-corrected chi connectivity index (χ2v) is 8.71. The number of aromatic amines is 1. The first-order valence-corrected chi connectivity index (χ1v) is 12.2. The van der Waals surface area contributed by atoms with Crippen molar-refractivity contribution in [3.05, 3.63) is 57.6 Å². The van der Waals surface area contributed by atoms with Crippen LogP contribution >= 0.6 is 0 Å². The molecule has 2 aromatic carbocycles. The van der Waals surface area contributed by atoms with Crippen LogP contribution in [-0.2, 0) is 0 Å². The summed E-state index contributed by atoms with van der Waals surface area (Å²) in [6.45, 7) is 9.20. The summed E-state index contributed by atoms with van der Waals surface area (Å²) in [4.78, 5) is 20.0. The molecule has 8 heteroatoms. The summed E-state index contributed by atoms with van der Waals surface area (Å²) in [6, 6.07) is 8.86. The van der Waals surface area contributed by atoms with Gasteiger partial charge >= 0.3 is 0 Å². The van der Waals surface area contributed by atoms with Crippen molar-refractivity contribution in [1.29, 1.82) is 0 Å². The monoisotopic (exact) mass is 468 g/mol. The summed E-state index contributed by atoms with van der Waals surface area (Å²) in [6.07, 6.45) is 4.13. The summed E-state index contributed by atoms with van der Waals surface area (Å²) in [7, 11) is 0. The summed E-state index contributed by atoms with van der Waals surface area (Å²) >= 11 is 0. The zero-order chi connectivity index (χ0) is 24.3. The molecule has 3 rings (SSSR count). The molecule has 7 nitrogen and oxygen atoms in total. The number of nitrogens with zero attached hydrogens (tertiary/aromatic N) is 1. The molecule has 0 bridgehead atoms. The van der Waals surface area contributed by atoms with Crippen molar-refractivity contribution >= 4 is 16.6 Å². The van der Waals surface area contributed by atoms with E-state index in [0.29, 0.717) is 23.6 Å². The molecular formula is C26H37FN6O. The van der Waals surface area contributed by atoms with Gasteiger partial charge in [-0.3, -0.25) is 4.79 Å². The van der Waals surface area contributed by atoms with Gasteiger partial charge in [-0.25, -0.2) is 9.37 Å². The molecule has 0 atom stereocenters. The average Bonchev–Trinajstić information content (AvgIpc) is 2.80. The van der Waals surface area contributed by atoms with Gasteiger partial charge in [0, 0.05) is 12.1 Å². The first-order chi connectivity index (χ1) is 16.5. The van der Waals surface area contributed by atoms with Crippen molar-refractivity contribution in [3.8, 4) is 11.4 Å². The largest absolute Gasteiger partial charge is 0.383 e. The van der Waals surface area contributed by atoms with E-state index >= 15 is 0 Å². The number of nitrogens with one attached hydrogen (secondary N) is 4. The summed E-state index contributed by atoms with van der Waals surface area (Å²) < 4.78 is 14.6. The number of aryl methyl sites for hydroxylation is 2. The van der Waals surface area contributed by atoms with Gasteiger partial charge in [0.25, 0.3) is 5.56 Å². The van der Waals surface area contributed by atoms with Gasteiger partial charge in [-0.2, -0.15) is 0 Å². The molecule has 6 N–H and O–H groups in total. The van der Waals surface area contributed by atoms with Crippen LogP contribution in [0.5, 0.6) is 0 Å². The molecule has 0 radical (unpaired) electrons. The molecule has 0 fully saturated rings. The Morgan fingerprint density at radius 3 is 2.35 bits per heavy atom. The van der Waals surface area contributed by atoms with Crippen LogP contribution in [0.4, 0.5) is 10.1 Å². The Morgan fingerprint density at radius 2 is 1.65 bits per heavy atom. The van der Waals surface area contributed by atoms with E-state index in [9.17, 15) is 9.18 Å². The second kappa shape index (κ2) is 13.2. The summed E-state index contributed by atoms with van der Waals surface area (Å²) in [5, 5.41) is 10.2. The Balaban J connectivity index is 1.52. The maximum absolute atomic E-state index is 14.6. The molecule has 0 spiro atoms. The summed E-state index contributed by atoms with van der Waals surface area (Å²) in [5.41, 5.74) is 8.99. The minimum absolute atomic E-state index is 0.246. The Labute approximate surface area is 200 Å². The molecule has 0 unspecified atom stereocenters. The number of anilines is 1. The number of hydrogen-bond donors (Lipinski definition) is 5. The molecule has 184 valence electrons. The zero-order valence-corrected chi connectivity index (χ0v) is 20.3. The van der Waals surface area contributed by atoms with Gasteiger partial charge in [0.2, 0.25) is 0 Å². The molecular weight excluding hydrogens is 431 g/mol. The number of nitrogens with two attached hydrogens (primary N) is 1. The van der Waals surface area contributed by atoms with E-state index in [1.54, 1.807) is 6.07 Å². The van der Waals surface area contributed by atoms with Gasteiger partial charge in [-0.15, -0.1) is 0 Å². The van der Waals surface area contributed by atoms with Crippen LogP contribution in [-0.4, -0.2) is 49.2 Å². The first-order valence-electron chi connectivity index (χ1n) is 12.2. The maximum atomic E-state index is 14.6. The van der Waals surface area contributed by atoms with Crippen LogP contribution in [0.15, 0.2) is 35.1 Å². The van der Waals surface area contributed by atoms with Crippen molar-refractivity contribution in [2.45, 2.75) is 39.5 Å². The van der Waals surface area contributed by atoms with E-state index < -0.39 is 5.82 Å². The minimum Gasteiger partial charge on any atom is -0.383 e. The Morgan fingerprint density at radius 1 is 0.941 bits per heavy atom. The number of unbranched alkanes of at least 4 members (excludes halogenated alkanes) is 1. The predicted molar refractivity (Wildman–Crippen MR) is 139 cm³/mol. The van der Waals surface area contributed by atoms with Gasteiger partial charge < -0.3 is 26.7 Å². The Bertz CT molecular complexity index is 1130. The third-order valence-electron chi connectivity index (χ3n) is 5.79. The number of rotatable bonds is 14. The molecule has 0 aliphatic carbocycles. The number of benzene rings is 2. The number of aromatic nitrogens is 2. The van der Waals surface area contributed by atoms with Gasteiger partial charge in [-0.1, -0.05) is 23.8 Å². The normalized spacial score (nSPS) is 11.3. The molecule has 34 heavy (non-hydrogen) atoms. The van der Waals surface area contributed by atoms with E-state index in [-0.39, 0.29) is 10.9 Å². The fourth-order valence-electron chi connectivity index (χ4n) is 3.92. The molecule has 0 amide bonds. The molecule has 1 heterocycles. The topological polar surface area (TPSA) is 108 Å². The van der Waals surface area contributed by atoms with Crippen molar-refractivity contribution in [1.82, 2.24) is 20.6 Å². The highest BCUT2D eigenvalue weighted by Crippen LogP contribution is 2.24. The lowest BCUT2D eigenvalue weighted by Crippen LogP contribution is -2.22. The van der Waals surface area contributed by atoms with Crippen LogP contribution in [0.25, 0.3) is 22.3 Å². The van der Waals surface area contributed by atoms with Gasteiger partial charge in [0.15, 0.2) is 0 Å². The van der Waals surface area contributed by atoms with Crippen LogP contribution in [0.2, 0.25) is 0 Å². The van der Waals surface area contributed by atoms with Crippen molar-refractivity contribution in [3.63, 3.8) is 0 Å². The minimum atomic E-state index is -0.450. The van der Waals surface area contributed by atoms with Crippen LogP contribution in [0.3, 0.4) is 0 Å². The Kier molecular flexibility index (Phi) is 10.00. The van der Waals surface area contributed by atoms with Crippen molar-refractivity contribution < 1.29 is 4.39 Å². The molecule has 0 aliphatic heterocycles. The van der Waals surface area contributed by atoms with E-state index in [1.807, 2.05) is 32.0 Å². The summed E-state index contributed by atoms with van der Waals surface area (Å²) in [5.74, 6) is 0.0421. The number of H-pyrrole nitrogens is 1. The lowest BCUT2D eigenvalue weighted by Gasteiger charge is -2.11. The molecule has 0 saturated heterocycles. The number of halogens is 1. The molecule has 0 aliphatic rings. The Hall–Kier alpha value is -2.81. The highest BCUT2D eigenvalue weighted by atomic mass is 19.1. The quantitative estimate of drug-likeness (QED) is 0.232. The molecule has 0 saturated carbocycles. The van der Waals surface area contributed by atoms with Gasteiger partial charge in [0.1, 0.15) is 11.6 Å². The molecule has 3 aromatic rings. The van der Waals surface area contributed by atoms with E-state index in [2.05, 4.69) is 25.9 Å². The van der Waals surface area contributed by atoms with Crippen LogP contribution < -0.4 is 27.2 Å². The van der Waals surface area contributed by atoms with Crippen molar-refractivity contribution in [2.75, 3.05) is 44.6 Å². The SMILES string of the molecule is Cc1ccc(-c2nc3cc(NCCCNCCCCNCCCN)c(F)cc3c(=O)[nH]2)c(C)c1. The van der Waals surface area contributed by atoms with Gasteiger partial charge in [0.05, 0.1) is 16.6 Å². The highest BCUT2D eigenvalue weighted by molar-refractivity contribution is 5.83. The smallest absolute Gasteiger partial charge is 0.259 e. The number of fused-ring (bicyclic) bond motifs is 1. The maximum Gasteiger partial charge on any atom is 0.259 e. The second-order valence-electron chi connectivity index (χ2n) is 8.71. The van der Waals surface area contributed by atoms with Crippen LogP contribution in [0.1, 0.15) is 36.8 Å². The number of hydrogen-bond acceptors (Lipinski definition) is 6. The van der Waals surface area contributed by atoms with Gasteiger partial charge in [-0.05, 0) is 90.0 Å². The third kappa shape index (κ3) is 7.35. The zero-order valence-electron chi connectivity index (χ0n) is 20.3. The van der Waals surface area contributed by atoms with E-state index in [0.717, 1.165) is 75.1 Å². The predicted octanol–water partition coefficient (Wildman–Crippen LogP) is 3.46. The highest BCUT2D eigenvalue weighted by Gasteiger charge is 2.12. The lowest BCUT2D eigenvalue weighted by molar-refractivity contribution is 0.571. The van der Waals surface area contributed by atoms with E-state index in [4.69, 9.17) is 5.73 Å². The van der Waals surface area contributed by atoms with Crippen molar-refractivity contribution in [2.24, 2.45) is 5.73 Å². The van der Waals surface area contributed by atoms with E-state index in [1.165, 1.54) is 6.07 Å². The lowest BCUT2D eigenvalue weighted by atomic mass is 10.0. The third-order valence-corrected chi connectivity index (χ3v) is 5.79. The first kappa shape index (κ1) is 25.8. The fourth-order valence-corrected chi connectivity index (χ4v) is 3.92. The fraction of sp³-hybridized carbons (Fsp3) is 0.462. The molecule has 1 aromatic heterocycles. The van der Waals surface area contributed by atoms with Crippen LogP contribution in [0, 0.1) is 19.7 Å². The standard InChI is InChI=1S/C26H37FN6O/c1-18-7-8-20(19(2)15-18)25-32-23-17-24(22(27)16-21(23)26(34)33-25)31-14-6-13-30-11-4-3-10-29-12-5-9-28/h7-8,15-17,29-31H,3-6,9-14,28H2,1-2H3,(H,32,33,34). The average molecular weight is 469 g/mol.